The van der Waals surface area contributed by atoms with Crippen LogP contribution in [0, 0.1) is 12.3 Å². The average Bonchev–Trinajstić information content (AvgIpc) is 3.31. The maximum absolute atomic E-state index is 12.7. The lowest BCUT2D eigenvalue weighted by molar-refractivity contribution is 0.0137. The lowest BCUT2D eigenvalue weighted by Gasteiger charge is -2.31. The average molecular weight is 530 g/mol. The predicted molar refractivity (Wildman–Crippen MR) is 140 cm³/mol. The Balaban J connectivity index is 1.57. The summed E-state index contributed by atoms with van der Waals surface area (Å²) in [6.45, 7) is 9.50. The van der Waals surface area contributed by atoms with Gasteiger partial charge in [0.05, 0.1) is 24.4 Å². The minimum atomic E-state index is -3.89. The molecule has 11 heteroatoms. The van der Waals surface area contributed by atoms with Gasteiger partial charge in [0.25, 0.3) is 10.0 Å². The molecule has 1 aromatic carbocycles. The van der Waals surface area contributed by atoms with Crippen LogP contribution in [0.4, 0.5) is 4.79 Å². The van der Waals surface area contributed by atoms with Crippen molar-refractivity contribution >= 4 is 16.1 Å². The van der Waals surface area contributed by atoms with E-state index in [0.717, 1.165) is 11.3 Å². The third-order valence-electron chi connectivity index (χ3n) is 5.87. The van der Waals surface area contributed by atoms with Crippen LogP contribution in [-0.2, 0) is 21.3 Å². The van der Waals surface area contributed by atoms with Gasteiger partial charge in [-0.1, -0.05) is 56.7 Å². The number of nitrogens with zero attached hydrogens (tertiary/aromatic N) is 3. The fraction of sp³-hybridized carbons (Fsp3) is 0.423. The third kappa shape index (κ3) is 8.11. The summed E-state index contributed by atoms with van der Waals surface area (Å²) < 4.78 is 34.4. The molecule has 37 heavy (non-hydrogen) atoms. The number of aliphatic hydroxyl groups is 1. The number of ether oxygens (including phenoxy) is 1. The summed E-state index contributed by atoms with van der Waals surface area (Å²) in [5, 5.41) is 17.5. The van der Waals surface area contributed by atoms with Crippen molar-refractivity contribution in [2.75, 3.05) is 6.54 Å². The number of amides is 1. The smallest absolute Gasteiger partial charge is 0.407 e. The number of carbonyl (C=O) groups excluding carboxylic acids is 1. The number of aliphatic hydroxyl groups excluding tert-OH is 1. The normalized spacial score (nSPS) is 14.5. The number of carbonyl (C=O) groups is 1. The van der Waals surface area contributed by atoms with E-state index >= 15 is 0 Å². The fourth-order valence-corrected chi connectivity index (χ4v) is 4.39. The molecule has 0 aliphatic heterocycles. The molecule has 0 saturated heterocycles. The van der Waals surface area contributed by atoms with Crippen molar-refractivity contribution in [2.45, 2.75) is 64.4 Å². The van der Waals surface area contributed by atoms with Gasteiger partial charge in [-0.25, -0.2) is 22.9 Å². The van der Waals surface area contributed by atoms with Crippen LogP contribution in [0.2, 0.25) is 0 Å². The van der Waals surface area contributed by atoms with Gasteiger partial charge >= 0.3 is 6.09 Å². The quantitative estimate of drug-likeness (QED) is 0.367. The molecule has 0 spiro atoms. The standard InChI is InChI=1S/C26H35N5O5S/c1-18-9-11-20(12-10-18)21-13-15-31(30-21)17-23(26(3,4)5)36-25(33)29-19(2)22(32)16-28-37(34,35)24-8-6-7-14-27-24/h6-15,19,22-23,28,32H,16-17H2,1-5H3,(H,29,33)/t19-,22+,23+/m0/s1. The van der Waals surface area contributed by atoms with Crippen molar-refractivity contribution in [1.29, 1.82) is 0 Å². The molecule has 1 amide bonds. The van der Waals surface area contributed by atoms with Gasteiger partial charge in [0.2, 0.25) is 0 Å². The Morgan fingerprint density at radius 3 is 2.46 bits per heavy atom. The lowest BCUT2D eigenvalue weighted by Crippen LogP contribution is -2.48. The SMILES string of the molecule is Cc1ccc(-c2ccn(C[C@@H](OC(=O)N[C@@H](C)[C@H](O)CNS(=O)(=O)c3ccccn3)C(C)(C)C)n2)cc1. The van der Waals surface area contributed by atoms with E-state index in [1.165, 1.54) is 17.8 Å². The Bertz CT molecular complexity index is 1270. The van der Waals surface area contributed by atoms with Crippen molar-refractivity contribution in [2.24, 2.45) is 5.41 Å². The molecule has 3 aromatic rings. The number of aryl methyl sites for hydroxylation is 1. The molecule has 0 bridgehead atoms. The first-order valence-electron chi connectivity index (χ1n) is 12.0. The molecule has 0 aliphatic carbocycles. The van der Waals surface area contributed by atoms with Gasteiger partial charge < -0.3 is 15.2 Å². The van der Waals surface area contributed by atoms with E-state index < -0.39 is 39.8 Å². The second kappa shape index (κ2) is 11.8. The van der Waals surface area contributed by atoms with Gasteiger partial charge in [-0.3, -0.25) is 4.68 Å². The molecule has 0 saturated carbocycles. The third-order valence-corrected chi connectivity index (χ3v) is 7.21. The summed E-state index contributed by atoms with van der Waals surface area (Å²) in [5.41, 5.74) is 2.59. The van der Waals surface area contributed by atoms with Gasteiger partial charge in [-0.05, 0) is 32.0 Å². The second-order valence-electron chi connectivity index (χ2n) is 10.1. The van der Waals surface area contributed by atoms with E-state index in [-0.39, 0.29) is 11.6 Å². The first-order chi connectivity index (χ1) is 17.3. The first kappa shape index (κ1) is 28.3. The van der Waals surface area contributed by atoms with Crippen LogP contribution in [0.15, 0.2) is 66.0 Å². The second-order valence-corrected chi connectivity index (χ2v) is 11.8. The number of sulfonamides is 1. The molecule has 10 nitrogen and oxygen atoms in total. The summed E-state index contributed by atoms with van der Waals surface area (Å²) in [5.74, 6) is 0. The topological polar surface area (TPSA) is 135 Å². The van der Waals surface area contributed by atoms with Crippen LogP contribution < -0.4 is 10.0 Å². The van der Waals surface area contributed by atoms with Gasteiger partial charge in [0.1, 0.15) is 6.10 Å². The van der Waals surface area contributed by atoms with E-state index in [1.807, 2.05) is 64.2 Å². The predicted octanol–water partition coefficient (Wildman–Crippen LogP) is 3.12. The number of nitrogens with one attached hydrogen (secondary N) is 2. The molecular weight excluding hydrogens is 494 g/mol. The van der Waals surface area contributed by atoms with E-state index in [1.54, 1.807) is 23.7 Å². The molecule has 3 rings (SSSR count). The van der Waals surface area contributed by atoms with Crippen LogP contribution in [0.1, 0.15) is 33.3 Å². The molecule has 2 heterocycles. The summed E-state index contributed by atoms with van der Waals surface area (Å²) in [4.78, 5) is 16.5. The minimum Gasteiger partial charge on any atom is -0.444 e. The highest BCUT2D eigenvalue weighted by atomic mass is 32.2. The summed E-state index contributed by atoms with van der Waals surface area (Å²) in [6, 6.07) is 13.7. The van der Waals surface area contributed by atoms with Crippen molar-refractivity contribution in [1.82, 2.24) is 24.8 Å². The molecule has 0 fully saturated rings. The fourth-order valence-electron chi connectivity index (χ4n) is 3.40. The Morgan fingerprint density at radius 1 is 1.14 bits per heavy atom. The Labute approximate surface area is 218 Å². The van der Waals surface area contributed by atoms with E-state index in [9.17, 15) is 18.3 Å². The highest BCUT2D eigenvalue weighted by molar-refractivity contribution is 7.89. The Morgan fingerprint density at radius 2 is 1.84 bits per heavy atom. The Kier molecular flexibility index (Phi) is 9.06. The van der Waals surface area contributed by atoms with Crippen LogP contribution in [0.3, 0.4) is 0 Å². The zero-order chi connectivity index (χ0) is 27.2. The number of alkyl carbamates (subject to hydrolysis) is 1. The zero-order valence-corrected chi connectivity index (χ0v) is 22.6. The molecule has 2 aromatic heterocycles. The highest BCUT2D eigenvalue weighted by Crippen LogP contribution is 2.25. The van der Waals surface area contributed by atoms with Crippen LogP contribution >= 0.6 is 0 Å². The number of hydrogen-bond acceptors (Lipinski definition) is 7. The van der Waals surface area contributed by atoms with Crippen LogP contribution in [-0.4, -0.2) is 59.2 Å². The monoisotopic (exact) mass is 529 g/mol. The number of aromatic nitrogens is 3. The summed E-state index contributed by atoms with van der Waals surface area (Å²) in [7, 11) is -3.89. The maximum Gasteiger partial charge on any atom is 0.407 e. The van der Waals surface area contributed by atoms with Crippen molar-refractivity contribution in [3.8, 4) is 11.3 Å². The van der Waals surface area contributed by atoms with E-state index in [4.69, 9.17) is 4.74 Å². The molecule has 3 N–H and O–H groups in total. The summed E-state index contributed by atoms with van der Waals surface area (Å²) in [6.07, 6.45) is 0.774. The maximum atomic E-state index is 12.7. The number of benzene rings is 1. The van der Waals surface area contributed by atoms with Gasteiger partial charge in [-0.15, -0.1) is 0 Å². The van der Waals surface area contributed by atoms with Crippen molar-refractivity contribution < 1.29 is 23.1 Å². The number of pyridine rings is 1. The lowest BCUT2D eigenvalue weighted by atomic mass is 9.89. The number of hydrogen-bond donors (Lipinski definition) is 3. The largest absolute Gasteiger partial charge is 0.444 e. The first-order valence-corrected chi connectivity index (χ1v) is 13.5. The molecule has 0 radical (unpaired) electrons. The zero-order valence-electron chi connectivity index (χ0n) is 21.7. The molecule has 0 aliphatic rings. The van der Waals surface area contributed by atoms with Crippen molar-refractivity contribution in [3.05, 3.63) is 66.5 Å². The van der Waals surface area contributed by atoms with Gasteiger partial charge in [0, 0.05) is 29.9 Å². The van der Waals surface area contributed by atoms with Crippen LogP contribution in [0.5, 0.6) is 0 Å². The van der Waals surface area contributed by atoms with Crippen molar-refractivity contribution in [3.63, 3.8) is 0 Å². The molecule has 3 atom stereocenters. The minimum absolute atomic E-state index is 0.153. The highest BCUT2D eigenvalue weighted by Gasteiger charge is 2.30. The Hall–Kier alpha value is -3.28. The van der Waals surface area contributed by atoms with Crippen LogP contribution in [0.25, 0.3) is 11.3 Å². The van der Waals surface area contributed by atoms with E-state index in [0.29, 0.717) is 6.54 Å². The van der Waals surface area contributed by atoms with Gasteiger partial charge in [0.15, 0.2) is 5.03 Å². The summed E-state index contributed by atoms with van der Waals surface area (Å²) >= 11 is 0. The molecule has 200 valence electrons. The number of rotatable bonds is 10. The molecular formula is C26H35N5O5S. The van der Waals surface area contributed by atoms with Gasteiger partial charge in [-0.2, -0.15) is 5.10 Å². The van der Waals surface area contributed by atoms with E-state index in [2.05, 4.69) is 20.1 Å². The molecule has 0 unspecified atom stereocenters.